The Morgan fingerprint density at radius 1 is 1.35 bits per heavy atom. The van der Waals surface area contributed by atoms with Crippen molar-refractivity contribution in [2.45, 2.75) is 58.3 Å². The molecule has 1 fully saturated rings. The Hall–Kier alpha value is -1.31. The van der Waals surface area contributed by atoms with E-state index in [1.165, 1.54) is 0 Å². The average molecular weight is 348 g/mol. The van der Waals surface area contributed by atoms with Crippen LogP contribution in [0.1, 0.15) is 42.5 Å². The summed E-state index contributed by atoms with van der Waals surface area (Å²) in [5.74, 6) is -0.505. The molecular formula is C15H23F3N4S. The molecule has 0 atom stereocenters. The molecule has 0 spiro atoms. The first-order valence-corrected chi connectivity index (χ1v) is 8.73. The highest BCUT2D eigenvalue weighted by Gasteiger charge is 2.41. The van der Waals surface area contributed by atoms with Gasteiger partial charge in [-0.1, -0.05) is 0 Å². The Labute approximate surface area is 138 Å². The number of aromatic nitrogens is 1. The highest BCUT2D eigenvalue weighted by atomic mass is 32.1. The molecule has 1 aromatic rings. The molecule has 2 rings (SSSR count). The Balaban J connectivity index is 1.87. The molecule has 0 radical (unpaired) electrons. The quantitative estimate of drug-likeness (QED) is 0.645. The Kier molecular flexibility index (Phi) is 6.26. The highest BCUT2D eigenvalue weighted by molar-refractivity contribution is 7.11. The van der Waals surface area contributed by atoms with E-state index in [-0.39, 0.29) is 18.9 Å². The fourth-order valence-corrected chi connectivity index (χ4v) is 3.41. The molecule has 0 saturated heterocycles. The largest absolute Gasteiger partial charge is 0.391 e. The van der Waals surface area contributed by atoms with Crippen LogP contribution in [0.2, 0.25) is 0 Å². The number of hydrogen-bond acceptors (Lipinski definition) is 3. The first-order valence-electron chi connectivity index (χ1n) is 7.91. The maximum absolute atomic E-state index is 12.7. The van der Waals surface area contributed by atoms with Crippen LogP contribution in [-0.2, 0) is 6.54 Å². The van der Waals surface area contributed by atoms with Gasteiger partial charge in [0.05, 0.1) is 12.5 Å². The number of alkyl halides is 3. The molecule has 1 aliphatic rings. The van der Waals surface area contributed by atoms with Crippen molar-refractivity contribution in [2.24, 2.45) is 10.9 Å². The van der Waals surface area contributed by atoms with Gasteiger partial charge in [-0.15, -0.1) is 11.3 Å². The first-order chi connectivity index (χ1) is 10.9. The van der Waals surface area contributed by atoms with Crippen molar-refractivity contribution in [3.63, 3.8) is 0 Å². The Bertz CT molecular complexity index is 519. The van der Waals surface area contributed by atoms with Crippen molar-refractivity contribution >= 4 is 17.3 Å². The molecular weight excluding hydrogens is 325 g/mol. The number of rotatable bonds is 4. The summed E-state index contributed by atoms with van der Waals surface area (Å²) in [4.78, 5) is 9.88. The van der Waals surface area contributed by atoms with E-state index in [0.29, 0.717) is 31.9 Å². The van der Waals surface area contributed by atoms with Gasteiger partial charge >= 0.3 is 6.18 Å². The molecule has 1 aromatic heterocycles. The zero-order valence-electron chi connectivity index (χ0n) is 13.4. The van der Waals surface area contributed by atoms with E-state index < -0.39 is 12.1 Å². The third-order valence-corrected chi connectivity index (χ3v) is 4.81. The van der Waals surface area contributed by atoms with Crippen LogP contribution in [-0.4, -0.2) is 29.7 Å². The predicted molar refractivity (Wildman–Crippen MR) is 86.6 cm³/mol. The molecule has 0 unspecified atom stereocenters. The minimum atomic E-state index is -4.06. The number of aliphatic imine (C=N–C) groups is 1. The van der Waals surface area contributed by atoms with Crippen molar-refractivity contribution in [1.82, 2.24) is 15.6 Å². The lowest BCUT2D eigenvalue weighted by atomic mass is 9.85. The summed E-state index contributed by atoms with van der Waals surface area (Å²) < 4.78 is 38.1. The number of hydrogen-bond donors (Lipinski definition) is 2. The van der Waals surface area contributed by atoms with Gasteiger partial charge in [-0.05, 0) is 39.5 Å². The minimum Gasteiger partial charge on any atom is -0.357 e. The monoisotopic (exact) mass is 348 g/mol. The maximum atomic E-state index is 12.7. The van der Waals surface area contributed by atoms with Crippen molar-refractivity contribution in [3.05, 3.63) is 16.1 Å². The molecule has 0 bridgehead atoms. The van der Waals surface area contributed by atoms with Crippen LogP contribution in [0.25, 0.3) is 0 Å². The van der Waals surface area contributed by atoms with Gasteiger partial charge < -0.3 is 10.6 Å². The Morgan fingerprint density at radius 3 is 2.57 bits per heavy atom. The summed E-state index contributed by atoms with van der Waals surface area (Å²) in [6.07, 6.45) is -0.838. The lowest BCUT2D eigenvalue weighted by molar-refractivity contribution is -0.182. The SMILES string of the molecule is CCNC(=NCc1ncc(C)s1)NC1CCC(C(F)(F)F)CC1. The third-order valence-electron chi connectivity index (χ3n) is 3.92. The fourth-order valence-electron chi connectivity index (χ4n) is 2.70. The second kappa shape index (κ2) is 7.99. The summed E-state index contributed by atoms with van der Waals surface area (Å²) in [5, 5.41) is 7.33. The molecule has 0 aromatic carbocycles. The normalized spacial score (nSPS) is 22.9. The zero-order chi connectivity index (χ0) is 16.9. The van der Waals surface area contributed by atoms with Crippen LogP contribution in [0.3, 0.4) is 0 Å². The molecule has 23 heavy (non-hydrogen) atoms. The Morgan fingerprint density at radius 2 is 2.04 bits per heavy atom. The predicted octanol–water partition coefficient (Wildman–Crippen LogP) is 3.63. The van der Waals surface area contributed by atoms with Gasteiger partial charge in [0, 0.05) is 23.7 Å². The second-order valence-electron chi connectivity index (χ2n) is 5.79. The van der Waals surface area contributed by atoms with Gasteiger partial charge in [-0.3, -0.25) is 0 Å². The van der Waals surface area contributed by atoms with Gasteiger partial charge in [0.15, 0.2) is 5.96 Å². The molecule has 4 nitrogen and oxygen atoms in total. The molecule has 2 N–H and O–H groups in total. The standard InChI is InChI=1S/C15H23F3N4S/c1-3-19-14(21-9-13-20-8-10(2)23-13)22-12-6-4-11(5-7-12)15(16,17)18/h8,11-12H,3-7,9H2,1-2H3,(H2,19,21,22). The van der Waals surface area contributed by atoms with E-state index in [2.05, 4.69) is 20.6 Å². The van der Waals surface area contributed by atoms with Gasteiger partial charge in [0.25, 0.3) is 0 Å². The first kappa shape index (κ1) is 18.0. The number of thiazole rings is 1. The summed E-state index contributed by atoms with van der Waals surface area (Å²) in [7, 11) is 0. The number of guanidine groups is 1. The number of halogens is 3. The second-order valence-corrected chi connectivity index (χ2v) is 7.11. The van der Waals surface area contributed by atoms with E-state index in [0.717, 1.165) is 9.88 Å². The molecule has 1 aliphatic carbocycles. The number of aryl methyl sites for hydroxylation is 1. The molecule has 8 heteroatoms. The van der Waals surface area contributed by atoms with Crippen molar-refractivity contribution in [2.75, 3.05) is 6.54 Å². The lowest BCUT2D eigenvalue weighted by Crippen LogP contribution is -2.45. The third kappa shape index (κ3) is 5.67. The van der Waals surface area contributed by atoms with E-state index in [1.807, 2.05) is 20.0 Å². The van der Waals surface area contributed by atoms with Gasteiger partial charge in [0.1, 0.15) is 5.01 Å². The number of nitrogens with one attached hydrogen (secondary N) is 2. The van der Waals surface area contributed by atoms with Crippen LogP contribution >= 0.6 is 11.3 Å². The summed E-state index contributed by atoms with van der Waals surface area (Å²) in [5.41, 5.74) is 0. The minimum absolute atomic E-state index is 0.0458. The van der Waals surface area contributed by atoms with E-state index in [9.17, 15) is 13.2 Å². The van der Waals surface area contributed by atoms with E-state index in [1.54, 1.807) is 11.3 Å². The van der Waals surface area contributed by atoms with E-state index in [4.69, 9.17) is 0 Å². The van der Waals surface area contributed by atoms with Crippen LogP contribution in [0.15, 0.2) is 11.2 Å². The van der Waals surface area contributed by atoms with Crippen molar-refractivity contribution in [1.29, 1.82) is 0 Å². The van der Waals surface area contributed by atoms with Gasteiger partial charge in [-0.2, -0.15) is 13.2 Å². The van der Waals surface area contributed by atoms with Crippen LogP contribution in [0, 0.1) is 12.8 Å². The molecule has 0 aliphatic heterocycles. The molecule has 1 saturated carbocycles. The summed E-state index contributed by atoms with van der Waals surface area (Å²) >= 11 is 1.60. The van der Waals surface area contributed by atoms with Crippen LogP contribution in [0.4, 0.5) is 13.2 Å². The maximum Gasteiger partial charge on any atom is 0.391 e. The topological polar surface area (TPSA) is 49.3 Å². The van der Waals surface area contributed by atoms with Crippen LogP contribution in [0.5, 0.6) is 0 Å². The zero-order valence-corrected chi connectivity index (χ0v) is 14.2. The van der Waals surface area contributed by atoms with Crippen LogP contribution < -0.4 is 10.6 Å². The molecule has 1 heterocycles. The highest BCUT2D eigenvalue weighted by Crippen LogP contribution is 2.37. The van der Waals surface area contributed by atoms with Crippen molar-refractivity contribution in [3.8, 4) is 0 Å². The summed E-state index contributed by atoms with van der Waals surface area (Å²) in [6, 6.07) is 0.0458. The lowest BCUT2D eigenvalue weighted by Gasteiger charge is -2.31. The fraction of sp³-hybridized carbons (Fsp3) is 0.733. The van der Waals surface area contributed by atoms with Gasteiger partial charge in [0.2, 0.25) is 0 Å². The number of nitrogens with zero attached hydrogens (tertiary/aromatic N) is 2. The molecule has 0 amide bonds. The summed E-state index contributed by atoms with van der Waals surface area (Å²) in [6.45, 7) is 5.14. The smallest absolute Gasteiger partial charge is 0.357 e. The van der Waals surface area contributed by atoms with E-state index >= 15 is 0 Å². The van der Waals surface area contributed by atoms with Gasteiger partial charge in [-0.25, -0.2) is 9.98 Å². The average Bonchev–Trinajstić information content (AvgIpc) is 2.90. The van der Waals surface area contributed by atoms with Crippen molar-refractivity contribution < 1.29 is 13.2 Å². The molecule has 130 valence electrons.